The minimum atomic E-state index is -0.464. The Labute approximate surface area is 133 Å². The topological polar surface area (TPSA) is 45.2 Å². The van der Waals surface area contributed by atoms with Gasteiger partial charge in [0.1, 0.15) is 5.75 Å². The lowest BCUT2D eigenvalue weighted by Gasteiger charge is -2.11. The van der Waals surface area contributed by atoms with Crippen LogP contribution >= 0.6 is 11.6 Å². The van der Waals surface area contributed by atoms with E-state index in [-0.39, 0.29) is 5.92 Å². The fourth-order valence-electron chi connectivity index (χ4n) is 3.46. The summed E-state index contributed by atoms with van der Waals surface area (Å²) >= 11 is 6.06. The maximum absolute atomic E-state index is 10.4. The van der Waals surface area contributed by atoms with Crippen molar-refractivity contribution in [2.75, 3.05) is 7.11 Å². The van der Waals surface area contributed by atoms with E-state index in [2.05, 4.69) is 4.98 Å². The fourth-order valence-corrected chi connectivity index (χ4v) is 3.64. The van der Waals surface area contributed by atoms with Crippen LogP contribution in [0.1, 0.15) is 35.1 Å². The number of ether oxygens (including phenoxy) is 1. The molecule has 1 aromatic heterocycles. The summed E-state index contributed by atoms with van der Waals surface area (Å²) in [6, 6.07) is 11.8. The monoisotopic (exact) mass is 313 g/mol. The van der Waals surface area contributed by atoms with Crippen LogP contribution < -0.4 is 4.74 Å². The number of rotatable bonds is 2. The SMILES string of the molecule is COc1ccc2[nH]cc([C@H]3C[C@@H](O)c4cc(Cl)ccc43)c2c1. The van der Waals surface area contributed by atoms with Gasteiger partial charge in [-0.05, 0) is 53.4 Å². The zero-order valence-corrected chi connectivity index (χ0v) is 12.9. The van der Waals surface area contributed by atoms with Gasteiger partial charge in [0.05, 0.1) is 13.2 Å². The van der Waals surface area contributed by atoms with Crippen LogP contribution in [0.2, 0.25) is 5.02 Å². The molecule has 4 rings (SSSR count). The van der Waals surface area contributed by atoms with Gasteiger partial charge in [0.2, 0.25) is 0 Å². The highest BCUT2D eigenvalue weighted by Crippen LogP contribution is 2.46. The molecule has 3 nitrogen and oxygen atoms in total. The zero-order chi connectivity index (χ0) is 15.3. The molecular formula is C18H16ClNO2. The predicted molar refractivity (Wildman–Crippen MR) is 87.7 cm³/mol. The molecule has 22 heavy (non-hydrogen) atoms. The highest BCUT2D eigenvalue weighted by atomic mass is 35.5. The minimum absolute atomic E-state index is 0.170. The van der Waals surface area contributed by atoms with E-state index in [0.29, 0.717) is 11.4 Å². The number of aromatic amines is 1. The summed E-state index contributed by atoms with van der Waals surface area (Å²) in [5.41, 5.74) is 4.36. The van der Waals surface area contributed by atoms with Crippen molar-refractivity contribution in [3.05, 3.63) is 64.3 Å². The summed E-state index contributed by atoms with van der Waals surface area (Å²) < 4.78 is 5.33. The standard InChI is InChI=1S/C18H16ClNO2/c1-22-11-3-5-17-14(7-11)16(9-20-17)13-8-18(21)15-6-10(19)2-4-12(13)15/h2-7,9,13,18,20-21H,8H2,1H3/t13-,18+/m0/s1. The molecule has 0 aliphatic heterocycles. The third-order valence-corrected chi connectivity index (χ3v) is 4.77. The number of aromatic nitrogens is 1. The van der Waals surface area contributed by atoms with Crippen LogP contribution in [0.3, 0.4) is 0 Å². The van der Waals surface area contributed by atoms with Gasteiger partial charge in [0, 0.05) is 28.0 Å². The zero-order valence-electron chi connectivity index (χ0n) is 12.1. The summed E-state index contributed by atoms with van der Waals surface area (Å²) in [6.45, 7) is 0. The van der Waals surface area contributed by atoms with Gasteiger partial charge < -0.3 is 14.8 Å². The first-order chi connectivity index (χ1) is 10.7. The van der Waals surface area contributed by atoms with E-state index in [4.69, 9.17) is 16.3 Å². The molecule has 112 valence electrons. The van der Waals surface area contributed by atoms with E-state index < -0.39 is 6.10 Å². The number of H-pyrrole nitrogens is 1. The molecule has 2 aromatic carbocycles. The summed E-state index contributed by atoms with van der Waals surface area (Å²) in [7, 11) is 1.67. The number of methoxy groups -OCH3 is 1. The number of halogens is 1. The lowest BCUT2D eigenvalue weighted by atomic mass is 9.92. The van der Waals surface area contributed by atoms with Crippen LogP contribution in [0.5, 0.6) is 5.75 Å². The Morgan fingerprint density at radius 3 is 2.82 bits per heavy atom. The highest BCUT2D eigenvalue weighted by Gasteiger charge is 2.32. The van der Waals surface area contributed by atoms with Gasteiger partial charge in [-0.2, -0.15) is 0 Å². The van der Waals surface area contributed by atoms with Crippen molar-refractivity contribution in [1.82, 2.24) is 4.98 Å². The molecule has 0 saturated carbocycles. The lowest BCUT2D eigenvalue weighted by Crippen LogP contribution is -1.95. The molecule has 1 aliphatic rings. The second-order valence-electron chi connectivity index (χ2n) is 5.73. The Balaban J connectivity index is 1.87. The molecule has 2 atom stereocenters. The van der Waals surface area contributed by atoms with Crippen LogP contribution in [-0.4, -0.2) is 17.2 Å². The Morgan fingerprint density at radius 2 is 2.00 bits per heavy atom. The quantitative estimate of drug-likeness (QED) is 0.736. The van der Waals surface area contributed by atoms with E-state index in [1.807, 2.05) is 42.6 Å². The number of aliphatic hydroxyl groups is 1. The van der Waals surface area contributed by atoms with Gasteiger partial charge in [0.25, 0.3) is 0 Å². The number of nitrogens with one attached hydrogen (secondary N) is 1. The van der Waals surface area contributed by atoms with Crippen LogP contribution in [0.4, 0.5) is 0 Å². The Morgan fingerprint density at radius 1 is 1.14 bits per heavy atom. The summed E-state index contributed by atoms with van der Waals surface area (Å²) in [4.78, 5) is 3.31. The van der Waals surface area contributed by atoms with Crippen LogP contribution in [0.25, 0.3) is 10.9 Å². The molecule has 0 bridgehead atoms. The number of hydrogen-bond donors (Lipinski definition) is 2. The van der Waals surface area contributed by atoms with E-state index in [1.165, 1.54) is 5.56 Å². The molecule has 0 saturated heterocycles. The van der Waals surface area contributed by atoms with Gasteiger partial charge in [-0.3, -0.25) is 0 Å². The highest BCUT2D eigenvalue weighted by molar-refractivity contribution is 6.30. The average molecular weight is 314 g/mol. The van der Waals surface area contributed by atoms with Gasteiger partial charge in [-0.15, -0.1) is 0 Å². The summed E-state index contributed by atoms with van der Waals surface area (Å²) in [5, 5.41) is 12.2. The summed E-state index contributed by atoms with van der Waals surface area (Å²) in [5.74, 6) is 1.01. The predicted octanol–water partition coefficient (Wildman–Crippen LogP) is 4.40. The number of benzene rings is 2. The maximum Gasteiger partial charge on any atom is 0.119 e. The maximum atomic E-state index is 10.4. The molecule has 2 N–H and O–H groups in total. The van der Waals surface area contributed by atoms with E-state index in [0.717, 1.165) is 27.8 Å². The lowest BCUT2D eigenvalue weighted by molar-refractivity contribution is 0.176. The Bertz CT molecular complexity index is 855. The van der Waals surface area contributed by atoms with E-state index in [1.54, 1.807) is 7.11 Å². The van der Waals surface area contributed by atoms with Gasteiger partial charge in [-0.25, -0.2) is 0 Å². The molecule has 1 heterocycles. The first-order valence-corrected chi connectivity index (χ1v) is 7.67. The second kappa shape index (κ2) is 5.04. The molecule has 3 aromatic rings. The van der Waals surface area contributed by atoms with E-state index in [9.17, 15) is 5.11 Å². The molecule has 4 heteroatoms. The molecule has 0 fully saturated rings. The first kappa shape index (κ1) is 13.7. The number of aliphatic hydroxyl groups excluding tert-OH is 1. The molecule has 0 amide bonds. The number of fused-ring (bicyclic) bond motifs is 2. The average Bonchev–Trinajstić information content (AvgIpc) is 3.08. The van der Waals surface area contributed by atoms with Gasteiger partial charge in [0.15, 0.2) is 0 Å². The largest absolute Gasteiger partial charge is 0.497 e. The second-order valence-corrected chi connectivity index (χ2v) is 6.17. The Kier molecular flexibility index (Phi) is 3.13. The third-order valence-electron chi connectivity index (χ3n) is 4.54. The fraction of sp³-hybridized carbons (Fsp3) is 0.222. The normalized spacial score (nSPS) is 20.3. The van der Waals surface area contributed by atoms with Crippen LogP contribution in [0, 0.1) is 0 Å². The Hall–Kier alpha value is -1.97. The first-order valence-electron chi connectivity index (χ1n) is 7.30. The minimum Gasteiger partial charge on any atom is -0.497 e. The molecule has 0 spiro atoms. The van der Waals surface area contributed by atoms with Crippen molar-refractivity contribution in [1.29, 1.82) is 0 Å². The van der Waals surface area contributed by atoms with Crippen molar-refractivity contribution in [2.24, 2.45) is 0 Å². The van der Waals surface area contributed by atoms with Crippen LogP contribution in [0.15, 0.2) is 42.6 Å². The van der Waals surface area contributed by atoms with Crippen molar-refractivity contribution >= 4 is 22.5 Å². The van der Waals surface area contributed by atoms with E-state index >= 15 is 0 Å². The van der Waals surface area contributed by atoms with Crippen molar-refractivity contribution < 1.29 is 9.84 Å². The molecular weight excluding hydrogens is 298 g/mol. The molecule has 0 unspecified atom stereocenters. The van der Waals surface area contributed by atoms with Crippen LogP contribution in [-0.2, 0) is 0 Å². The molecule has 0 radical (unpaired) electrons. The van der Waals surface area contributed by atoms with Gasteiger partial charge >= 0.3 is 0 Å². The molecule has 1 aliphatic carbocycles. The smallest absolute Gasteiger partial charge is 0.119 e. The van der Waals surface area contributed by atoms with Crippen molar-refractivity contribution in [3.63, 3.8) is 0 Å². The number of hydrogen-bond acceptors (Lipinski definition) is 2. The van der Waals surface area contributed by atoms with Crippen molar-refractivity contribution in [2.45, 2.75) is 18.4 Å². The third kappa shape index (κ3) is 2.01. The summed E-state index contributed by atoms with van der Waals surface area (Å²) in [6.07, 6.45) is 2.25. The van der Waals surface area contributed by atoms with Crippen molar-refractivity contribution in [3.8, 4) is 5.75 Å². The van der Waals surface area contributed by atoms with Gasteiger partial charge in [-0.1, -0.05) is 17.7 Å².